The fourth-order valence-corrected chi connectivity index (χ4v) is 4.51. The number of carbonyl (C=O) groups is 2. The van der Waals surface area contributed by atoms with Gasteiger partial charge in [-0.2, -0.15) is 0 Å². The predicted octanol–water partition coefficient (Wildman–Crippen LogP) is 2.73. The second-order valence-electron chi connectivity index (χ2n) is 7.71. The van der Waals surface area contributed by atoms with E-state index in [-0.39, 0.29) is 28.7 Å². The molecule has 0 saturated carbocycles. The second-order valence-corrected chi connectivity index (χ2v) is 9.44. The summed E-state index contributed by atoms with van der Waals surface area (Å²) in [6.07, 6.45) is 0.478. The number of aryl methyl sites for hydroxylation is 1. The van der Waals surface area contributed by atoms with Crippen LogP contribution in [0.2, 0.25) is 0 Å². The van der Waals surface area contributed by atoms with Gasteiger partial charge in [-0.15, -0.1) is 0 Å². The van der Waals surface area contributed by atoms with Gasteiger partial charge in [-0.1, -0.05) is 42.5 Å². The first-order chi connectivity index (χ1) is 16.3. The fourth-order valence-electron chi connectivity index (χ4n) is 3.23. The zero-order chi connectivity index (χ0) is 24.6. The van der Waals surface area contributed by atoms with Crippen molar-refractivity contribution in [2.45, 2.75) is 24.8 Å². The topological polar surface area (TPSA) is 125 Å². The van der Waals surface area contributed by atoms with E-state index in [1.807, 2.05) is 30.3 Å². The van der Waals surface area contributed by atoms with Gasteiger partial charge in [-0.05, 0) is 54.8 Å². The second kappa shape index (κ2) is 11.4. The van der Waals surface area contributed by atoms with Crippen LogP contribution in [0.5, 0.6) is 5.75 Å². The molecular weight excluding hydrogens is 454 g/mol. The Kier molecular flexibility index (Phi) is 8.39. The number of phenols is 1. The Hall–Kier alpha value is -3.69. The van der Waals surface area contributed by atoms with Crippen molar-refractivity contribution >= 4 is 21.8 Å². The van der Waals surface area contributed by atoms with Crippen LogP contribution in [0.15, 0.2) is 77.7 Å². The van der Waals surface area contributed by atoms with E-state index in [9.17, 15) is 23.1 Å². The van der Waals surface area contributed by atoms with Crippen molar-refractivity contribution in [3.8, 4) is 5.75 Å². The number of hydrogen-bond acceptors (Lipinski definition) is 5. The molecule has 0 bridgehead atoms. The first-order valence-electron chi connectivity index (χ1n) is 10.8. The summed E-state index contributed by atoms with van der Waals surface area (Å²) in [6.45, 7) is 2.44. The van der Waals surface area contributed by atoms with E-state index in [0.717, 1.165) is 5.56 Å². The molecular formula is C25H27N3O5S. The molecule has 0 radical (unpaired) electrons. The number of phenolic OH excluding ortho intramolecular Hbond substituents is 1. The van der Waals surface area contributed by atoms with Crippen LogP contribution in [0.4, 0.5) is 0 Å². The predicted molar refractivity (Wildman–Crippen MR) is 129 cm³/mol. The molecule has 0 unspecified atom stereocenters. The van der Waals surface area contributed by atoms with Crippen LogP contribution < -0.4 is 15.4 Å². The largest absolute Gasteiger partial charge is 0.508 e. The van der Waals surface area contributed by atoms with E-state index in [1.165, 1.54) is 18.2 Å². The van der Waals surface area contributed by atoms with E-state index in [1.54, 1.807) is 31.2 Å². The fraction of sp³-hybridized carbons (Fsp3) is 0.200. The van der Waals surface area contributed by atoms with E-state index in [4.69, 9.17) is 0 Å². The van der Waals surface area contributed by atoms with Crippen LogP contribution in [0, 0.1) is 6.92 Å². The third-order valence-electron chi connectivity index (χ3n) is 5.08. The van der Waals surface area contributed by atoms with Crippen LogP contribution in [-0.2, 0) is 16.6 Å². The number of nitrogens with one attached hydrogen (secondary N) is 3. The van der Waals surface area contributed by atoms with E-state index >= 15 is 0 Å². The lowest BCUT2D eigenvalue weighted by Crippen LogP contribution is -2.30. The van der Waals surface area contributed by atoms with Gasteiger partial charge in [0, 0.05) is 30.8 Å². The number of amides is 2. The third-order valence-corrected chi connectivity index (χ3v) is 6.63. The van der Waals surface area contributed by atoms with Gasteiger partial charge in [-0.25, -0.2) is 13.1 Å². The van der Waals surface area contributed by atoms with Crippen LogP contribution in [0.3, 0.4) is 0 Å². The van der Waals surface area contributed by atoms with Crippen molar-refractivity contribution in [1.29, 1.82) is 0 Å². The van der Waals surface area contributed by atoms with Gasteiger partial charge in [0.2, 0.25) is 10.0 Å². The summed E-state index contributed by atoms with van der Waals surface area (Å²) in [7, 11) is -3.81. The summed E-state index contributed by atoms with van der Waals surface area (Å²) in [6, 6.07) is 19.7. The molecule has 0 atom stereocenters. The molecule has 0 aromatic heterocycles. The summed E-state index contributed by atoms with van der Waals surface area (Å²) in [5.74, 6) is -0.716. The number of carbonyl (C=O) groups excluding carboxylic acids is 2. The minimum Gasteiger partial charge on any atom is -0.508 e. The molecule has 0 spiro atoms. The van der Waals surface area contributed by atoms with Crippen molar-refractivity contribution in [2.24, 2.45) is 0 Å². The van der Waals surface area contributed by atoms with Crippen LogP contribution >= 0.6 is 0 Å². The molecule has 0 aliphatic heterocycles. The molecule has 0 heterocycles. The minimum atomic E-state index is -3.81. The van der Waals surface area contributed by atoms with Crippen molar-refractivity contribution in [1.82, 2.24) is 15.4 Å². The summed E-state index contributed by atoms with van der Waals surface area (Å²) in [4.78, 5) is 24.6. The van der Waals surface area contributed by atoms with Gasteiger partial charge in [-0.3, -0.25) is 9.59 Å². The Labute approximate surface area is 199 Å². The summed E-state index contributed by atoms with van der Waals surface area (Å²) in [5.41, 5.74) is 1.94. The Morgan fingerprint density at radius 3 is 2.12 bits per heavy atom. The number of hydrogen-bond donors (Lipinski definition) is 4. The highest BCUT2D eigenvalue weighted by molar-refractivity contribution is 7.89. The Bertz CT molecular complexity index is 1260. The maximum Gasteiger partial charge on any atom is 0.251 e. The smallest absolute Gasteiger partial charge is 0.251 e. The van der Waals surface area contributed by atoms with Crippen molar-refractivity contribution < 1.29 is 23.1 Å². The average molecular weight is 482 g/mol. The van der Waals surface area contributed by atoms with Gasteiger partial charge < -0.3 is 15.7 Å². The average Bonchev–Trinajstić information content (AvgIpc) is 2.83. The Morgan fingerprint density at radius 1 is 0.824 bits per heavy atom. The Balaban J connectivity index is 1.52. The standard InChI is InChI=1S/C25H27N3O5S/c1-18-11-12-21(16-23(18)34(32,33)28-17-19-7-3-2-4-8-19)25(31)27-14-6-13-26-24(30)20-9-5-10-22(29)15-20/h2-5,7-12,15-16,28-29H,6,13-14,17H2,1H3,(H,26,30)(H,27,31). The van der Waals surface area contributed by atoms with Crippen LogP contribution in [-0.4, -0.2) is 38.4 Å². The summed E-state index contributed by atoms with van der Waals surface area (Å²) in [5, 5.41) is 14.9. The monoisotopic (exact) mass is 481 g/mol. The number of rotatable bonds is 10. The third kappa shape index (κ3) is 6.90. The maximum absolute atomic E-state index is 12.8. The molecule has 34 heavy (non-hydrogen) atoms. The minimum absolute atomic E-state index is 0.00894. The first kappa shape index (κ1) is 24.9. The summed E-state index contributed by atoms with van der Waals surface area (Å²) >= 11 is 0. The molecule has 4 N–H and O–H groups in total. The van der Waals surface area contributed by atoms with Gasteiger partial charge >= 0.3 is 0 Å². The maximum atomic E-state index is 12.8. The molecule has 9 heteroatoms. The van der Waals surface area contributed by atoms with E-state index < -0.39 is 15.9 Å². The molecule has 0 aliphatic rings. The Morgan fingerprint density at radius 2 is 1.47 bits per heavy atom. The SMILES string of the molecule is Cc1ccc(C(=O)NCCCNC(=O)c2cccc(O)c2)cc1S(=O)(=O)NCc1ccccc1. The lowest BCUT2D eigenvalue weighted by molar-refractivity contribution is 0.0951. The van der Waals surface area contributed by atoms with Crippen LogP contribution in [0.25, 0.3) is 0 Å². The highest BCUT2D eigenvalue weighted by Crippen LogP contribution is 2.18. The zero-order valence-electron chi connectivity index (χ0n) is 18.7. The molecule has 3 aromatic rings. The number of sulfonamides is 1. The molecule has 178 valence electrons. The van der Waals surface area contributed by atoms with Gasteiger partial charge in [0.15, 0.2) is 0 Å². The highest BCUT2D eigenvalue weighted by Gasteiger charge is 2.19. The van der Waals surface area contributed by atoms with Gasteiger partial charge in [0.25, 0.3) is 11.8 Å². The van der Waals surface area contributed by atoms with Crippen molar-refractivity contribution in [2.75, 3.05) is 13.1 Å². The quantitative estimate of drug-likeness (QED) is 0.332. The van der Waals surface area contributed by atoms with E-state index in [2.05, 4.69) is 15.4 Å². The van der Waals surface area contributed by atoms with Crippen molar-refractivity contribution in [3.63, 3.8) is 0 Å². The lowest BCUT2D eigenvalue weighted by atomic mass is 10.1. The molecule has 3 aromatic carbocycles. The number of benzene rings is 3. The normalized spacial score (nSPS) is 11.1. The van der Waals surface area contributed by atoms with Gasteiger partial charge in [0.1, 0.15) is 5.75 Å². The molecule has 0 aliphatic carbocycles. The molecule has 8 nitrogen and oxygen atoms in total. The lowest BCUT2D eigenvalue weighted by Gasteiger charge is -2.12. The highest BCUT2D eigenvalue weighted by atomic mass is 32.2. The van der Waals surface area contributed by atoms with Gasteiger partial charge in [0.05, 0.1) is 4.90 Å². The van der Waals surface area contributed by atoms with E-state index in [0.29, 0.717) is 30.6 Å². The zero-order valence-corrected chi connectivity index (χ0v) is 19.6. The van der Waals surface area contributed by atoms with Crippen LogP contribution in [0.1, 0.15) is 38.3 Å². The van der Waals surface area contributed by atoms with Crippen molar-refractivity contribution in [3.05, 3.63) is 95.1 Å². The molecule has 0 fully saturated rings. The molecule has 0 saturated heterocycles. The number of aromatic hydroxyl groups is 1. The molecule has 3 rings (SSSR count). The first-order valence-corrected chi connectivity index (χ1v) is 12.2. The molecule has 2 amide bonds. The summed E-state index contributed by atoms with van der Waals surface area (Å²) < 4.78 is 28.2.